The van der Waals surface area contributed by atoms with Gasteiger partial charge in [0.15, 0.2) is 6.10 Å². The Hall–Kier alpha value is -1.47. The maximum absolute atomic E-state index is 12.4. The lowest BCUT2D eigenvalue weighted by molar-refractivity contribution is -0.161. The van der Waals surface area contributed by atoms with E-state index in [2.05, 4.69) is 42.7 Å². The average Bonchev–Trinajstić information content (AvgIpc) is 3.05. The third-order valence-electron chi connectivity index (χ3n) is 8.44. The van der Waals surface area contributed by atoms with Crippen LogP contribution in [-0.2, 0) is 28.2 Å². The van der Waals surface area contributed by atoms with Crippen molar-refractivity contribution in [2.24, 2.45) is 0 Å². The van der Waals surface area contributed by atoms with Gasteiger partial charge in [-0.05, 0) is 64.2 Å². The van der Waals surface area contributed by atoms with Crippen LogP contribution in [0.5, 0.6) is 0 Å². The van der Waals surface area contributed by atoms with E-state index in [-0.39, 0.29) is 19.4 Å². The van der Waals surface area contributed by atoms with Crippen molar-refractivity contribution in [3.05, 3.63) is 24.3 Å². The van der Waals surface area contributed by atoms with Gasteiger partial charge in [0.2, 0.25) is 0 Å². The summed E-state index contributed by atoms with van der Waals surface area (Å²) in [5.74, 6) is -0.891. The Labute approximate surface area is 294 Å². The van der Waals surface area contributed by atoms with E-state index in [0.717, 1.165) is 57.8 Å². The van der Waals surface area contributed by atoms with E-state index >= 15 is 0 Å². The van der Waals surface area contributed by atoms with Crippen molar-refractivity contribution < 1.29 is 37.9 Å². The second-order valence-corrected chi connectivity index (χ2v) is 14.5. The lowest BCUT2D eigenvalue weighted by atomic mass is 10.1. The smallest absolute Gasteiger partial charge is 0.462 e. The Balaban J connectivity index is 3.95. The molecule has 282 valence electrons. The molecular weight excluding hydrogens is 627 g/mol. The van der Waals surface area contributed by atoms with Crippen molar-refractivity contribution in [2.45, 2.75) is 200 Å². The quantitative estimate of drug-likeness (QED) is 0.0287. The number of carbonyl (C=O) groups is 2. The van der Waals surface area contributed by atoms with Gasteiger partial charge in [-0.1, -0.05) is 141 Å². The van der Waals surface area contributed by atoms with Crippen molar-refractivity contribution in [1.82, 2.24) is 0 Å². The van der Waals surface area contributed by atoms with Crippen molar-refractivity contribution in [3.8, 4) is 0 Å². The minimum absolute atomic E-state index is 0.208. The molecule has 0 fully saturated rings. The van der Waals surface area contributed by atoms with E-state index in [4.69, 9.17) is 19.3 Å². The second kappa shape index (κ2) is 35.4. The summed E-state index contributed by atoms with van der Waals surface area (Å²) < 4.78 is 26.3. The van der Waals surface area contributed by atoms with E-state index in [1.54, 1.807) is 0 Å². The van der Waals surface area contributed by atoms with Crippen LogP contribution in [0.4, 0.5) is 0 Å². The lowest BCUT2D eigenvalue weighted by Crippen LogP contribution is -2.29. The molecule has 0 aromatic rings. The van der Waals surface area contributed by atoms with Gasteiger partial charge in [-0.25, -0.2) is 4.57 Å². The zero-order valence-corrected chi connectivity index (χ0v) is 31.8. The van der Waals surface area contributed by atoms with Gasteiger partial charge in [0.1, 0.15) is 6.61 Å². The Morgan fingerprint density at radius 1 is 0.521 bits per heavy atom. The molecule has 0 spiro atoms. The van der Waals surface area contributed by atoms with Gasteiger partial charge in [-0.2, -0.15) is 0 Å². The van der Waals surface area contributed by atoms with E-state index < -0.39 is 32.5 Å². The Kier molecular flexibility index (Phi) is 34.3. The number of hydrogen-bond donors (Lipinski definition) is 2. The number of phosphoric ester groups is 1. The fourth-order valence-electron chi connectivity index (χ4n) is 5.48. The van der Waals surface area contributed by atoms with Crippen LogP contribution in [0.15, 0.2) is 24.3 Å². The predicted octanol–water partition coefficient (Wildman–Crippen LogP) is 11.6. The highest BCUT2D eigenvalue weighted by Gasteiger charge is 2.22. The summed E-state index contributed by atoms with van der Waals surface area (Å²) in [6.45, 7) is 3.65. The molecule has 1 unspecified atom stereocenters. The summed E-state index contributed by atoms with van der Waals surface area (Å²) in [6, 6.07) is 0. The van der Waals surface area contributed by atoms with Crippen LogP contribution in [0, 0.1) is 0 Å². The molecule has 2 N–H and O–H groups in total. The van der Waals surface area contributed by atoms with Crippen LogP contribution in [-0.4, -0.2) is 41.0 Å². The second-order valence-electron chi connectivity index (χ2n) is 13.2. The first-order valence-electron chi connectivity index (χ1n) is 19.6. The fraction of sp³-hybridized carbons (Fsp3) is 0.846. The molecule has 0 aromatic heterocycles. The van der Waals surface area contributed by atoms with Crippen LogP contribution in [0.25, 0.3) is 0 Å². The number of ether oxygens (including phenoxy) is 2. The number of unbranched alkanes of at least 4 members (excludes halogenated alkanes) is 22. The molecule has 0 amide bonds. The maximum atomic E-state index is 12.4. The number of rotatable bonds is 36. The van der Waals surface area contributed by atoms with E-state index in [1.165, 1.54) is 103 Å². The van der Waals surface area contributed by atoms with Gasteiger partial charge in [0.05, 0.1) is 6.61 Å². The van der Waals surface area contributed by atoms with Crippen LogP contribution >= 0.6 is 7.82 Å². The molecule has 1 atom stereocenters. The molecule has 0 bridgehead atoms. The van der Waals surface area contributed by atoms with Crippen LogP contribution in [0.3, 0.4) is 0 Å². The summed E-state index contributed by atoms with van der Waals surface area (Å²) in [6.07, 6.45) is 38.9. The zero-order chi connectivity index (χ0) is 35.4. The first-order valence-corrected chi connectivity index (χ1v) is 21.2. The molecule has 0 radical (unpaired) electrons. The minimum atomic E-state index is -4.75. The Bertz CT molecular complexity index is 838. The Morgan fingerprint density at radius 2 is 0.875 bits per heavy atom. The van der Waals surface area contributed by atoms with Crippen LogP contribution in [0.2, 0.25) is 0 Å². The molecule has 0 aromatic carbocycles. The summed E-state index contributed by atoms with van der Waals surface area (Å²) >= 11 is 0. The normalized spacial score (nSPS) is 12.7. The first kappa shape index (κ1) is 46.5. The van der Waals surface area contributed by atoms with E-state index in [0.29, 0.717) is 6.42 Å². The molecule has 0 rings (SSSR count). The monoisotopic (exact) mass is 701 g/mol. The van der Waals surface area contributed by atoms with Gasteiger partial charge in [-0.15, -0.1) is 0 Å². The van der Waals surface area contributed by atoms with Gasteiger partial charge in [0, 0.05) is 12.8 Å². The Morgan fingerprint density at radius 3 is 1.27 bits per heavy atom. The van der Waals surface area contributed by atoms with Crippen LogP contribution in [0.1, 0.15) is 194 Å². The third kappa shape index (κ3) is 37.4. The molecule has 0 aliphatic heterocycles. The van der Waals surface area contributed by atoms with E-state index in [9.17, 15) is 14.2 Å². The molecular formula is C39H73O8P. The van der Waals surface area contributed by atoms with Crippen molar-refractivity contribution in [1.29, 1.82) is 0 Å². The molecule has 8 nitrogen and oxygen atoms in total. The summed E-state index contributed by atoms with van der Waals surface area (Å²) in [5, 5.41) is 0. The van der Waals surface area contributed by atoms with Crippen molar-refractivity contribution in [2.75, 3.05) is 13.2 Å². The van der Waals surface area contributed by atoms with Gasteiger partial charge in [0.25, 0.3) is 0 Å². The van der Waals surface area contributed by atoms with Crippen molar-refractivity contribution >= 4 is 19.8 Å². The highest BCUT2D eigenvalue weighted by Crippen LogP contribution is 2.36. The number of hydrogen-bond acceptors (Lipinski definition) is 6. The van der Waals surface area contributed by atoms with Crippen molar-refractivity contribution in [3.63, 3.8) is 0 Å². The van der Waals surface area contributed by atoms with Gasteiger partial charge in [-0.3, -0.25) is 14.1 Å². The molecule has 48 heavy (non-hydrogen) atoms. The molecule has 0 aliphatic carbocycles. The summed E-state index contributed by atoms with van der Waals surface area (Å²) in [4.78, 5) is 42.7. The summed E-state index contributed by atoms with van der Waals surface area (Å²) in [7, 11) is -4.75. The molecule has 0 heterocycles. The highest BCUT2D eigenvalue weighted by atomic mass is 31.2. The molecule has 9 heteroatoms. The summed E-state index contributed by atoms with van der Waals surface area (Å²) in [5.41, 5.74) is 0. The van der Waals surface area contributed by atoms with Gasteiger partial charge < -0.3 is 19.3 Å². The predicted molar refractivity (Wildman–Crippen MR) is 198 cm³/mol. The van der Waals surface area contributed by atoms with E-state index in [1.807, 2.05) is 0 Å². The van der Waals surface area contributed by atoms with Gasteiger partial charge >= 0.3 is 19.8 Å². The number of esters is 2. The molecule has 0 saturated carbocycles. The fourth-order valence-corrected chi connectivity index (χ4v) is 5.84. The number of carbonyl (C=O) groups excluding carboxylic acids is 2. The molecule has 0 saturated heterocycles. The maximum Gasteiger partial charge on any atom is 0.469 e. The third-order valence-corrected chi connectivity index (χ3v) is 8.93. The largest absolute Gasteiger partial charge is 0.469 e. The minimum Gasteiger partial charge on any atom is -0.462 e. The number of phosphoric acid groups is 1. The molecule has 0 aliphatic rings. The SMILES string of the molecule is CCCCCCC=CCCCCCCCCCC(=O)OCC(COP(=O)(O)O)OC(=O)CCCCCCCCCC=CCCCCCC. The standard InChI is InChI=1S/C39H73O8P/c1-3-5-7-9-11-13-15-17-19-21-23-25-27-29-31-33-38(40)45-35-37(36-46-48(42,43)44)47-39(41)34-32-30-28-26-24-22-20-18-16-14-12-10-8-6-4-2/h13-16,37H,3-12,17-36H2,1-2H3,(H2,42,43,44). The average molecular weight is 701 g/mol. The number of allylic oxidation sites excluding steroid dienone is 4. The first-order chi connectivity index (χ1) is 23.3. The highest BCUT2D eigenvalue weighted by molar-refractivity contribution is 7.46. The van der Waals surface area contributed by atoms with Crippen LogP contribution < -0.4 is 0 Å². The zero-order valence-electron chi connectivity index (χ0n) is 30.9. The lowest BCUT2D eigenvalue weighted by Gasteiger charge is -2.18. The topological polar surface area (TPSA) is 119 Å².